The van der Waals surface area contributed by atoms with Gasteiger partial charge < -0.3 is 15.5 Å². The van der Waals surface area contributed by atoms with Gasteiger partial charge in [0.25, 0.3) is 0 Å². The second-order valence-electron chi connectivity index (χ2n) is 6.66. The normalized spacial score (nSPS) is 16.0. The quantitative estimate of drug-likeness (QED) is 0.849. The molecule has 7 heteroatoms. The topological polar surface area (TPSA) is 74.3 Å². The molecule has 1 aliphatic heterocycles. The van der Waals surface area contributed by atoms with Gasteiger partial charge in [-0.15, -0.1) is 11.3 Å². The molecule has 6 nitrogen and oxygen atoms in total. The smallest absolute Gasteiger partial charge is 0.319 e. The highest BCUT2D eigenvalue weighted by molar-refractivity contribution is 7.11. The zero-order valence-corrected chi connectivity index (χ0v) is 15.4. The molecule has 1 saturated heterocycles. The molecule has 1 aromatic heterocycles. The summed E-state index contributed by atoms with van der Waals surface area (Å²) < 4.78 is 0. The van der Waals surface area contributed by atoms with Gasteiger partial charge in [-0.3, -0.25) is 4.79 Å². The molecule has 0 unspecified atom stereocenters. The molecule has 0 bridgehead atoms. The number of aromatic nitrogens is 1. The van der Waals surface area contributed by atoms with Crippen LogP contribution in [0.5, 0.6) is 0 Å². The summed E-state index contributed by atoms with van der Waals surface area (Å²) in [6.07, 6.45) is 5.76. The van der Waals surface area contributed by atoms with E-state index in [9.17, 15) is 9.59 Å². The van der Waals surface area contributed by atoms with Gasteiger partial charge in [-0.1, -0.05) is 0 Å². The zero-order chi connectivity index (χ0) is 17.9. The molecular formula is C19H22N4O2S. The molecule has 2 N–H and O–H groups in total. The summed E-state index contributed by atoms with van der Waals surface area (Å²) in [5.41, 5.74) is 2.85. The first-order chi connectivity index (χ1) is 12.7. The molecule has 1 aliphatic carbocycles. The lowest BCUT2D eigenvalue weighted by atomic mass is 10.2. The fraction of sp³-hybridized carbons (Fsp3) is 0.421. The van der Waals surface area contributed by atoms with Crippen molar-refractivity contribution in [2.75, 3.05) is 23.3 Å². The second-order valence-corrected chi connectivity index (χ2v) is 7.83. The Labute approximate surface area is 156 Å². The van der Waals surface area contributed by atoms with E-state index < -0.39 is 0 Å². The number of carbonyl (C=O) groups is 2. The van der Waals surface area contributed by atoms with Crippen LogP contribution in [0.15, 0.2) is 24.3 Å². The van der Waals surface area contributed by atoms with E-state index >= 15 is 0 Å². The number of amides is 3. The minimum absolute atomic E-state index is 0.164. The van der Waals surface area contributed by atoms with Crippen LogP contribution in [0.2, 0.25) is 0 Å². The third-order valence-electron chi connectivity index (χ3n) is 4.77. The number of fused-ring (bicyclic) bond motifs is 1. The number of rotatable bonds is 5. The molecule has 0 spiro atoms. The molecule has 0 atom stereocenters. The van der Waals surface area contributed by atoms with Crippen molar-refractivity contribution in [2.24, 2.45) is 0 Å². The molecule has 2 aromatic rings. The van der Waals surface area contributed by atoms with Crippen LogP contribution in [0.25, 0.3) is 0 Å². The van der Waals surface area contributed by atoms with Crippen LogP contribution < -0.4 is 15.5 Å². The van der Waals surface area contributed by atoms with Gasteiger partial charge in [0.1, 0.15) is 0 Å². The summed E-state index contributed by atoms with van der Waals surface area (Å²) in [7, 11) is 0. The van der Waals surface area contributed by atoms with E-state index in [-0.39, 0.29) is 11.9 Å². The minimum atomic E-state index is -0.223. The fourth-order valence-corrected chi connectivity index (χ4v) is 4.61. The van der Waals surface area contributed by atoms with Crippen molar-refractivity contribution >= 4 is 34.6 Å². The number of aryl methyl sites for hydroxylation is 2. The number of anilines is 2. The van der Waals surface area contributed by atoms with E-state index in [1.807, 2.05) is 24.3 Å². The maximum Gasteiger partial charge on any atom is 0.319 e. The Morgan fingerprint density at radius 3 is 2.73 bits per heavy atom. The van der Waals surface area contributed by atoms with Crippen molar-refractivity contribution in [3.05, 3.63) is 39.8 Å². The van der Waals surface area contributed by atoms with Crippen LogP contribution in [0.4, 0.5) is 16.2 Å². The molecule has 2 aliphatic rings. The lowest BCUT2D eigenvalue weighted by Gasteiger charge is -2.16. The summed E-state index contributed by atoms with van der Waals surface area (Å²) >= 11 is 1.78. The van der Waals surface area contributed by atoms with E-state index in [0.29, 0.717) is 18.7 Å². The van der Waals surface area contributed by atoms with Gasteiger partial charge in [-0.2, -0.15) is 0 Å². The molecule has 0 saturated carbocycles. The van der Waals surface area contributed by atoms with Gasteiger partial charge in [0.05, 0.1) is 10.7 Å². The van der Waals surface area contributed by atoms with Crippen LogP contribution in [0.1, 0.15) is 34.8 Å². The average molecular weight is 370 g/mol. The summed E-state index contributed by atoms with van der Waals surface area (Å²) in [5, 5.41) is 6.81. The lowest BCUT2D eigenvalue weighted by molar-refractivity contribution is -0.117. The van der Waals surface area contributed by atoms with E-state index in [1.165, 1.54) is 17.0 Å². The number of hydrogen-bond donors (Lipinski definition) is 2. The van der Waals surface area contributed by atoms with Crippen LogP contribution in [-0.2, 0) is 24.1 Å². The fourth-order valence-electron chi connectivity index (χ4n) is 3.45. The van der Waals surface area contributed by atoms with Crippen molar-refractivity contribution in [3.8, 4) is 0 Å². The minimum Gasteiger partial charge on any atom is -0.337 e. The van der Waals surface area contributed by atoms with Gasteiger partial charge in [-0.05, 0) is 49.9 Å². The Hall–Kier alpha value is -2.41. The number of nitrogens with one attached hydrogen (secondary N) is 2. The van der Waals surface area contributed by atoms with E-state index in [2.05, 4.69) is 15.6 Å². The second kappa shape index (κ2) is 7.45. The molecular weight excluding hydrogens is 348 g/mol. The third kappa shape index (κ3) is 3.72. The first-order valence-corrected chi connectivity index (χ1v) is 9.93. The van der Waals surface area contributed by atoms with Crippen LogP contribution in [-0.4, -0.2) is 30.0 Å². The Morgan fingerprint density at radius 1 is 1.15 bits per heavy atom. The molecule has 136 valence electrons. The number of nitrogens with zero attached hydrogens (tertiary/aromatic N) is 2. The third-order valence-corrected chi connectivity index (χ3v) is 5.99. The zero-order valence-electron chi connectivity index (χ0n) is 14.6. The highest BCUT2D eigenvalue weighted by Crippen LogP contribution is 2.27. The van der Waals surface area contributed by atoms with Crippen molar-refractivity contribution in [3.63, 3.8) is 0 Å². The van der Waals surface area contributed by atoms with Crippen molar-refractivity contribution in [2.45, 2.75) is 38.5 Å². The van der Waals surface area contributed by atoms with Gasteiger partial charge >= 0.3 is 6.03 Å². The van der Waals surface area contributed by atoms with E-state index in [0.717, 1.165) is 42.9 Å². The van der Waals surface area contributed by atoms with E-state index in [1.54, 1.807) is 16.2 Å². The first kappa shape index (κ1) is 17.0. The Kier molecular flexibility index (Phi) is 4.88. The summed E-state index contributed by atoms with van der Waals surface area (Å²) in [5.74, 6) is 0.164. The number of benzene rings is 1. The van der Waals surface area contributed by atoms with E-state index in [4.69, 9.17) is 0 Å². The molecule has 1 aromatic carbocycles. The number of thiazole rings is 1. The lowest BCUT2D eigenvalue weighted by Crippen LogP contribution is -2.30. The predicted octanol–water partition coefficient (Wildman–Crippen LogP) is 3.12. The molecule has 2 heterocycles. The van der Waals surface area contributed by atoms with Crippen molar-refractivity contribution in [1.82, 2.24) is 10.3 Å². The number of carbonyl (C=O) groups excluding carboxylic acids is 2. The monoisotopic (exact) mass is 370 g/mol. The largest absolute Gasteiger partial charge is 0.337 e. The van der Waals surface area contributed by atoms with Gasteiger partial charge in [0.15, 0.2) is 0 Å². The van der Waals surface area contributed by atoms with Crippen LogP contribution in [0, 0.1) is 0 Å². The maximum atomic E-state index is 12.0. The van der Waals surface area contributed by atoms with Crippen molar-refractivity contribution in [1.29, 1.82) is 0 Å². The molecule has 4 rings (SSSR count). The Bertz CT molecular complexity index is 794. The summed E-state index contributed by atoms with van der Waals surface area (Å²) in [4.78, 5) is 31.6. The first-order valence-electron chi connectivity index (χ1n) is 9.12. The highest BCUT2D eigenvalue weighted by Gasteiger charge is 2.21. The predicted molar refractivity (Wildman–Crippen MR) is 103 cm³/mol. The number of urea groups is 1. The van der Waals surface area contributed by atoms with Gasteiger partial charge in [0.2, 0.25) is 5.91 Å². The molecule has 1 fully saturated rings. The van der Waals surface area contributed by atoms with Gasteiger partial charge in [0, 0.05) is 42.2 Å². The molecule has 26 heavy (non-hydrogen) atoms. The average Bonchev–Trinajstić information content (AvgIpc) is 3.32. The highest BCUT2D eigenvalue weighted by atomic mass is 32.1. The standard InChI is InChI=1S/C19H22N4O2S/c24-18-5-2-12-23(18)14-8-6-13(7-9-14)21-19(25)20-11-10-17-22-15-3-1-4-16(15)26-17/h6-9H,1-5,10-12H2,(H2,20,21,25). The summed E-state index contributed by atoms with van der Waals surface area (Å²) in [6.45, 7) is 1.34. The van der Waals surface area contributed by atoms with Crippen molar-refractivity contribution < 1.29 is 9.59 Å². The van der Waals surface area contributed by atoms with Crippen LogP contribution >= 0.6 is 11.3 Å². The Balaban J connectivity index is 1.24. The van der Waals surface area contributed by atoms with Gasteiger partial charge in [-0.25, -0.2) is 9.78 Å². The number of hydrogen-bond acceptors (Lipinski definition) is 4. The molecule has 0 radical (unpaired) electrons. The SMILES string of the molecule is O=C(NCCc1nc2c(s1)CCC2)Nc1ccc(N2CCCC2=O)cc1. The molecule has 3 amide bonds. The maximum absolute atomic E-state index is 12.0. The Morgan fingerprint density at radius 2 is 2.00 bits per heavy atom. The summed E-state index contributed by atoms with van der Waals surface area (Å²) in [6, 6.07) is 7.17. The van der Waals surface area contributed by atoms with Crippen LogP contribution in [0.3, 0.4) is 0 Å².